The Morgan fingerprint density at radius 3 is 2.71 bits per heavy atom. The van der Waals surface area contributed by atoms with Crippen LogP contribution in [0.1, 0.15) is 0 Å². The van der Waals surface area contributed by atoms with E-state index in [0.29, 0.717) is 17.3 Å². The van der Waals surface area contributed by atoms with E-state index in [0.717, 1.165) is 0 Å². The summed E-state index contributed by atoms with van der Waals surface area (Å²) in [5.74, 6) is 5.67. The Hall–Kier alpha value is -1.92. The van der Waals surface area contributed by atoms with E-state index in [2.05, 4.69) is 20.7 Å². The summed E-state index contributed by atoms with van der Waals surface area (Å²) in [6.07, 6.45) is 2.97. The van der Waals surface area contributed by atoms with Gasteiger partial charge in [-0.25, -0.2) is 15.2 Å². The molecule has 0 fully saturated rings. The number of hydrogen-bond acceptors (Lipinski definition) is 5. The quantitative estimate of drug-likeness (QED) is 0.578. The van der Waals surface area contributed by atoms with Crippen molar-refractivity contribution in [2.45, 2.75) is 0 Å². The first-order valence-corrected chi connectivity index (χ1v) is 5.07. The summed E-state index contributed by atoms with van der Waals surface area (Å²) in [5.41, 5.74) is 2.91. The highest BCUT2D eigenvalue weighted by Crippen LogP contribution is 2.25. The largest absolute Gasteiger partial charge is 0.338 e. The summed E-state index contributed by atoms with van der Waals surface area (Å²) < 4.78 is 12.8. The Bertz CT molecular complexity index is 534. The molecule has 2 rings (SSSR count). The van der Waals surface area contributed by atoms with Crippen LogP contribution in [0.3, 0.4) is 0 Å². The minimum atomic E-state index is -0.399. The summed E-state index contributed by atoms with van der Waals surface area (Å²) in [6.45, 7) is 0. The fourth-order valence-electron chi connectivity index (χ4n) is 1.22. The van der Waals surface area contributed by atoms with Gasteiger partial charge in [-0.2, -0.15) is 0 Å². The molecule has 0 unspecified atom stereocenters. The molecule has 0 aliphatic carbocycles. The minimum Gasteiger partial charge on any atom is -0.338 e. The number of rotatable bonds is 3. The molecule has 1 heterocycles. The Kier molecular flexibility index (Phi) is 3.36. The third-order valence-electron chi connectivity index (χ3n) is 1.98. The molecule has 5 nitrogen and oxygen atoms in total. The maximum atomic E-state index is 12.8. The molecule has 0 saturated heterocycles. The average Bonchev–Trinajstić information content (AvgIpc) is 2.33. The number of halogens is 2. The average molecular weight is 254 g/mol. The molecule has 0 aliphatic heterocycles. The van der Waals surface area contributed by atoms with Crippen LogP contribution in [0.4, 0.5) is 21.7 Å². The lowest BCUT2D eigenvalue weighted by molar-refractivity contribution is 0.628. The van der Waals surface area contributed by atoms with Crippen LogP contribution in [0.5, 0.6) is 0 Å². The van der Waals surface area contributed by atoms with E-state index in [1.165, 1.54) is 30.6 Å². The van der Waals surface area contributed by atoms with Crippen LogP contribution in [-0.2, 0) is 0 Å². The maximum Gasteiger partial charge on any atom is 0.160 e. The zero-order valence-corrected chi connectivity index (χ0v) is 9.37. The monoisotopic (exact) mass is 253 g/mol. The zero-order chi connectivity index (χ0) is 12.3. The molecular formula is C10H9ClFN5. The minimum absolute atomic E-state index is 0.262. The van der Waals surface area contributed by atoms with Gasteiger partial charge in [-0.3, -0.25) is 4.98 Å². The van der Waals surface area contributed by atoms with Crippen molar-refractivity contribution in [2.24, 2.45) is 5.84 Å². The second-order valence-corrected chi connectivity index (χ2v) is 3.59. The van der Waals surface area contributed by atoms with Crippen LogP contribution in [0, 0.1) is 5.82 Å². The molecule has 0 atom stereocenters. The highest BCUT2D eigenvalue weighted by molar-refractivity contribution is 6.33. The summed E-state index contributed by atoms with van der Waals surface area (Å²) >= 11 is 5.86. The van der Waals surface area contributed by atoms with Crippen molar-refractivity contribution in [3.8, 4) is 0 Å². The maximum absolute atomic E-state index is 12.8. The number of hydrogen-bond donors (Lipinski definition) is 3. The predicted molar refractivity (Wildman–Crippen MR) is 64.5 cm³/mol. The first-order chi connectivity index (χ1) is 8.19. The molecule has 0 aliphatic rings. The van der Waals surface area contributed by atoms with Crippen molar-refractivity contribution in [1.29, 1.82) is 0 Å². The van der Waals surface area contributed by atoms with E-state index < -0.39 is 5.82 Å². The van der Waals surface area contributed by atoms with Crippen molar-refractivity contribution in [3.05, 3.63) is 41.4 Å². The van der Waals surface area contributed by atoms with Gasteiger partial charge in [-0.05, 0) is 18.2 Å². The molecular weight excluding hydrogens is 245 g/mol. The Labute approximate surface area is 102 Å². The molecule has 0 amide bonds. The summed E-state index contributed by atoms with van der Waals surface area (Å²) in [7, 11) is 0. The highest BCUT2D eigenvalue weighted by Gasteiger charge is 2.03. The van der Waals surface area contributed by atoms with Gasteiger partial charge >= 0.3 is 0 Å². The van der Waals surface area contributed by atoms with Gasteiger partial charge in [-0.15, -0.1) is 0 Å². The topological polar surface area (TPSA) is 75.9 Å². The van der Waals surface area contributed by atoms with Crippen LogP contribution in [0.25, 0.3) is 0 Å². The second kappa shape index (κ2) is 4.94. The molecule has 0 spiro atoms. The number of benzene rings is 1. The number of nitrogens with one attached hydrogen (secondary N) is 2. The molecule has 0 bridgehead atoms. The fraction of sp³-hybridized carbons (Fsp3) is 0. The van der Waals surface area contributed by atoms with Crippen LogP contribution in [0.2, 0.25) is 5.02 Å². The number of nitrogen functional groups attached to an aromatic ring is 1. The Morgan fingerprint density at radius 1 is 1.24 bits per heavy atom. The number of anilines is 3. The van der Waals surface area contributed by atoms with Crippen molar-refractivity contribution in [1.82, 2.24) is 9.97 Å². The van der Waals surface area contributed by atoms with Crippen LogP contribution in [0.15, 0.2) is 30.6 Å². The molecule has 0 radical (unpaired) electrons. The Balaban J connectivity index is 2.25. The Morgan fingerprint density at radius 2 is 2.00 bits per heavy atom. The molecule has 1 aromatic carbocycles. The van der Waals surface area contributed by atoms with E-state index >= 15 is 0 Å². The molecule has 0 saturated carbocycles. The lowest BCUT2D eigenvalue weighted by Crippen LogP contribution is -2.09. The molecule has 88 valence electrons. The normalized spacial score (nSPS) is 10.1. The van der Waals surface area contributed by atoms with Crippen LogP contribution >= 0.6 is 11.6 Å². The molecule has 7 heteroatoms. The van der Waals surface area contributed by atoms with E-state index in [-0.39, 0.29) is 5.02 Å². The van der Waals surface area contributed by atoms with E-state index in [4.69, 9.17) is 17.4 Å². The number of nitrogens with two attached hydrogens (primary N) is 1. The standard InChI is InChI=1S/C10H9ClFN5/c11-7-3-6(12)1-2-8(7)15-9-4-14-5-10(16-9)17-13/h1-5H,13H2,(H2,15,16,17). The predicted octanol–water partition coefficient (Wildman–Crippen LogP) is 2.30. The van der Waals surface area contributed by atoms with Gasteiger partial charge in [0.2, 0.25) is 0 Å². The number of aromatic nitrogens is 2. The number of nitrogens with zero attached hydrogens (tertiary/aromatic N) is 2. The van der Waals surface area contributed by atoms with E-state index in [1.54, 1.807) is 0 Å². The first kappa shape index (κ1) is 11.6. The highest BCUT2D eigenvalue weighted by atomic mass is 35.5. The third-order valence-corrected chi connectivity index (χ3v) is 2.29. The van der Waals surface area contributed by atoms with Gasteiger partial charge in [0.1, 0.15) is 5.82 Å². The lowest BCUT2D eigenvalue weighted by atomic mass is 10.3. The summed E-state index contributed by atoms with van der Waals surface area (Å²) in [4.78, 5) is 8.00. The van der Waals surface area contributed by atoms with E-state index in [1.807, 2.05) is 0 Å². The molecule has 17 heavy (non-hydrogen) atoms. The number of hydrazine groups is 1. The van der Waals surface area contributed by atoms with Crippen molar-refractivity contribution in [2.75, 3.05) is 10.7 Å². The van der Waals surface area contributed by atoms with Gasteiger partial charge < -0.3 is 10.7 Å². The van der Waals surface area contributed by atoms with E-state index in [9.17, 15) is 4.39 Å². The molecule has 4 N–H and O–H groups in total. The first-order valence-electron chi connectivity index (χ1n) is 4.70. The molecule has 1 aromatic heterocycles. The van der Waals surface area contributed by atoms with Crippen molar-refractivity contribution in [3.63, 3.8) is 0 Å². The SMILES string of the molecule is NNc1cncc(Nc2ccc(F)cc2Cl)n1. The van der Waals surface area contributed by atoms with Gasteiger partial charge in [0.15, 0.2) is 11.6 Å². The van der Waals surface area contributed by atoms with Gasteiger partial charge in [0.25, 0.3) is 0 Å². The van der Waals surface area contributed by atoms with Crippen LogP contribution in [-0.4, -0.2) is 9.97 Å². The van der Waals surface area contributed by atoms with Gasteiger partial charge in [-0.1, -0.05) is 11.6 Å². The van der Waals surface area contributed by atoms with Crippen molar-refractivity contribution >= 4 is 28.9 Å². The van der Waals surface area contributed by atoms with Gasteiger partial charge in [0.05, 0.1) is 23.1 Å². The lowest BCUT2D eigenvalue weighted by Gasteiger charge is -2.08. The summed E-state index contributed by atoms with van der Waals surface area (Å²) in [5, 5.41) is 3.17. The second-order valence-electron chi connectivity index (χ2n) is 3.18. The summed E-state index contributed by atoms with van der Waals surface area (Å²) in [6, 6.07) is 4.02. The smallest absolute Gasteiger partial charge is 0.160 e. The molecule has 2 aromatic rings. The van der Waals surface area contributed by atoms with Crippen molar-refractivity contribution < 1.29 is 4.39 Å². The fourth-order valence-corrected chi connectivity index (χ4v) is 1.44. The van der Waals surface area contributed by atoms with Crippen LogP contribution < -0.4 is 16.6 Å². The third kappa shape index (κ3) is 2.80. The zero-order valence-electron chi connectivity index (χ0n) is 8.61. The van der Waals surface area contributed by atoms with Gasteiger partial charge in [0, 0.05) is 0 Å².